The largest absolute Gasteiger partial charge is 0.481 e. The van der Waals surface area contributed by atoms with E-state index in [4.69, 9.17) is 0 Å². The van der Waals surface area contributed by atoms with Gasteiger partial charge in [-0.05, 0) is 24.7 Å². The van der Waals surface area contributed by atoms with E-state index in [9.17, 15) is 9.90 Å². The van der Waals surface area contributed by atoms with Crippen molar-refractivity contribution in [2.24, 2.45) is 17.8 Å². The summed E-state index contributed by atoms with van der Waals surface area (Å²) in [5, 5.41) is 9.56. The van der Waals surface area contributed by atoms with Crippen molar-refractivity contribution in [3.63, 3.8) is 0 Å². The molecule has 0 spiro atoms. The minimum atomic E-state index is -0.541. The summed E-state index contributed by atoms with van der Waals surface area (Å²) in [6.07, 6.45) is 28.6. The summed E-state index contributed by atoms with van der Waals surface area (Å²) in [6, 6.07) is 0. The predicted octanol–water partition coefficient (Wildman–Crippen LogP) is 8.17. The third-order valence-electron chi connectivity index (χ3n) is 9.05. The topological polar surface area (TPSA) is 37.3 Å². The second-order valence-corrected chi connectivity index (χ2v) is 11.3. The number of hydrogen-bond acceptors (Lipinski definition) is 1. The Morgan fingerprint density at radius 3 is 1.53 bits per heavy atom. The van der Waals surface area contributed by atoms with Crippen LogP contribution in [0.1, 0.15) is 135 Å². The summed E-state index contributed by atoms with van der Waals surface area (Å²) >= 11 is 0. The molecule has 3 aliphatic carbocycles. The molecule has 0 aliphatic heterocycles. The van der Waals surface area contributed by atoms with Gasteiger partial charge >= 0.3 is 5.97 Å². The van der Waals surface area contributed by atoms with Gasteiger partial charge in [0.15, 0.2) is 0 Å². The maximum atomic E-state index is 11.6. The molecule has 0 aromatic heterocycles. The van der Waals surface area contributed by atoms with Crippen LogP contribution in [0.4, 0.5) is 0 Å². The molecule has 3 fully saturated rings. The standard InChI is InChI=1S/C27H49BO2/c29-27(30)24-14-8-4-5-9-17-26(21-20-24)28-25-18-10-15-23(16-11-19-25)22-12-6-2-1-3-7-13-22/h22-26,28H,1-21H2,(H,29,30). The second-order valence-electron chi connectivity index (χ2n) is 11.3. The van der Waals surface area contributed by atoms with E-state index in [0.29, 0.717) is 0 Å². The van der Waals surface area contributed by atoms with Crippen molar-refractivity contribution in [2.75, 3.05) is 0 Å². The SMILES string of the molecule is O=C(O)C1CCCCCCC(BC2CCCC(C3CCCCCCC3)CCC2)CC1. The molecule has 3 aliphatic rings. The maximum Gasteiger partial charge on any atom is 0.306 e. The highest BCUT2D eigenvalue weighted by molar-refractivity contribution is 6.39. The molecule has 0 heterocycles. The molecule has 0 aromatic carbocycles. The Kier molecular flexibility index (Phi) is 11.2. The fourth-order valence-electron chi connectivity index (χ4n) is 7.15. The van der Waals surface area contributed by atoms with Crippen LogP contribution in [-0.2, 0) is 4.79 Å². The highest BCUT2D eigenvalue weighted by Gasteiger charge is 2.27. The third-order valence-corrected chi connectivity index (χ3v) is 9.05. The first-order chi connectivity index (χ1) is 14.7. The fraction of sp³-hybridized carbons (Fsp3) is 0.963. The number of aliphatic carboxylic acids is 1. The van der Waals surface area contributed by atoms with Gasteiger partial charge in [0.2, 0.25) is 0 Å². The third kappa shape index (κ3) is 8.58. The van der Waals surface area contributed by atoms with Crippen molar-refractivity contribution in [1.29, 1.82) is 0 Å². The maximum absolute atomic E-state index is 11.6. The molecule has 2 unspecified atom stereocenters. The van der Waals surface area contributed by atoms with Gasteiger partial charge in [-0.15, -0.1) is 0 Å². The van der Waals surface area contributed by atoms with Gasteiger partial charge in [0.1, 0.15) is 7.28 Å². The van der Waals surface area contributed by atoms with Gasteiger partial charge in [-0.2, -0.15) is 0 Å². The van der Waals surface area contributed by atoms with Crippen molar-refractivity contribution >= 4 is 13.2 Å². The average molecular weight is 416 g/mol. The molecule has 0 amide bonds. The van der Waals surface area contributed by atoms with Crippen molar-refractivity contribution in [1.82, 2.24) is 0 Å². The number of carboxylic acid groups (broad SMARTS) is 1. The smallest absolute Gasteiger partial charge is 0.306 e. The molecule has 0 saturated heterocycles. The lowest BCUT2D eigenvalue weighted by molar-refractivity contribution is -0.142. The Balaban J connectivity index is 1.44. The number of rotatable bonds is 4. The van der Waals surface area contributed by atoms with Crippen LogP contribution in [0.2, 0.25) is 11.6 Å². The Morgan fingerprint density at radius 2 is 0.933 bits per heavy atom. The summed E-state index contributed by atoms with van der Waals surface area (Å²) in [4.78, 5) is 11.6. The molecule has 3 rings (SSSR count). The molecule has 172 valence electrons. The normalized spacial score (nSPS) is 34.0. The summed E-state index contributed by atoms with van der Waals surface area (Å²) in [5.74, 6) is 3.14. The second kappa shape index (κ2) is 13.8. The van der Waals surface area contributed by atoms with Gasteiger partial charge in [0.05, 0.1) is 5.92 Å². The van der Waals surface area contributed by atoms with Crippen molar-refractivity contribution < 1.29 is 9.90 Å². The molecule has 0 bridgehead atoms. The average Bonchev–Trinajstić information content (AvgIpc) is 2.68. The minimum Gasteiger partial charge on any atom is -0.481 e. The molecule has 3 heteroatoms. The molecule has 3 saturated carbocycles. The van der Waals surface area contributed by atoms with Crippen molar-refractivity contribution in [3.05, 3.63) is 0 Å². The lowest BCUT2D eigenvalue weighted by Gasteiger charge is -2.32. The van der Waals surface area contributed by atoms with E-state index in [0.717, 1.165) is 49.2 Å². The number of carbonyl (C=O) groups is 1. The first kappa shape index (κ1) is 24.2. The van der Waals surface area contributed by atoms with Crippen LogP contribution in [0, 0.1) is 17.8 Å². The summed E-state index contributed by atoms with van der Waals surface area (Å²) < 4.78 is 0. The molecule has 2 atom stereocenters. The number of carboxylic acids is 1. The zero-order chi connectivity index (χ0) is 21.0. The van der Waals surface area contributed by atoms with E-state index in [1.165, 1.54) is 116 Å². The summed E-state index contributed by atoms with van der Waals surface area (Å²) in [5.41, 5.74) is 0. The Morgan fingerprint density at radius 1 is 0.500 bits per heavy atom. The van der Waals surface area contributed by atoms with Crippen LogP contribution in [0.15, 0.2) is 0 Å². The van der Waals surface area contributed by atoms with Gasteiger partial charge in [-0.3, -0.25) is 4.79 Å². The van der Waals surface area contributed by atoms with Crippen LogP contribution in [0.5, 0.6) is 0 Å². The summed E-state index contributed by atoms with van der Waals surface area (Å²) in [6.45, 7) is 0. The highest BCUT2D eigenvalue weighted by Crippen LogP contribution is 2.40. The van der Waals surface area contributed by atoms with E-state index in [2.05, 4.69) is 0 Å². The zero-order valence-corrected chi connectivity index (χ0v) is 19.8. The van der Waals surface area contributed by atoms with Crippen molar-refractivity contribution in [3.8, 4) is 0 Å². The molecule has 1 N–H and O–H groups in total. The van der Waals surface area contributed by atoms with Crippen LogP contribution in [-0.4, -0.2) is 18.4 Å². The van der Waals surface area contributed by atoms with Crippen LogP contribution in [0.3, 0.4) is 0 Å². The lowest BCUT2D eigenvalue weighted by Crippen LogP contribution is -2.21. The van der Waals surface area contributed by atoms with Gasteiger partial charge in [-0.25, -0.2) is 0 Å². The Labute approximate surface area is 187 Å². The van der Waals surface area contributed by atoms with E-state index in [1.807, 2.05) is 0 Å². The zero-order valence-electron chi connectivity index (χ0n) is 19.8. The first-order valence-electron chi connectivity index (χ1n) is 13.9. The molecular formula is C27H49BO2. The molecular weight excluding hydrogens is 367 g/mol. The quantitative estimate of drug-likeness (QED) is 0.469. The number of hydrogen-bond donors (Lipinski definition) is 1. The van der Waals surface area contributed by atoms with Crippen LogP contribution in [0.25, 0.3) is 0 Å². The van der Waals surface area contributed by atoms with E-state index >= 15 is 0 Å². The van der Waals surface area contributed by atoms with Crippen molar-refractivity contribution in [2.45, 2.75) is 146 Å². The van der Waals surface area contributed by atoms with Crippen LogP contribution >= 0.6 is 0 Å². The Bertz CT molecular complexity index is 461. The lowest BCUT2D eigenvalue weighted by atomic mass is 9.49. The van der Waals surface area contributed by atoms with E-state index in [-0.39, 0.29) is 5.92 Å². The minimum absolute atomic E-state index is 0.0764. The first-order valence-corrected chi connectivity index (χ1v) is 13.9. The predicted molar refractivity (Wildman–Crippen MR) is 130 cm³/mol. The van der Waals surface area contributed by atoms with Gasteiger partial charge in [-0.1, -0.05) is 134 Å². The van der Waals surface area contributed by atoms with Gasteiger partial charge in [0, 0.05) is 0 Å². The van der Waals surface area contributed by atoms with E-state index < -0.39 is 5.97 Å². The molecule has 0 radical (unpaired) electrons. The van der Waals surface area contributed by atoms with Crippen LogP contribution < -0.4 is 0 Å². The fourth-order valence-corrected chi connectivity index (χ4v) is 7.15. The summed E-state index contributed by atoms with van der Waals surface area (Å²) in [7, 11) is 1.39. The van der Waals surface area contributed by atoms with Gasteiger partial charge in [0.25, 0.3) is 0 Å². The molecule has 2 nitrogen and oxygen atoms in total. The highest BCUT2D eigenvalue weighted by atomic mass is 16.4. The van der Waals surface area contributed by atoms with E-state index in [1.54, 1.807) is 0 Å². The Hall–Kier alpha value is -0.465. The monoisotopic (exact) mass is 416 g/mol. The van der Waals surface area contributed by atoms with Gasteiger partial charge < -0.3 is 5.11 Å². The molecule has 30 heavy (non-hydrogen) atoms. The molecule has 0 aromatic rings.